The molecule has 0 aliphatic heterocycles. The van der Waals surface area contributed by atoms with Crippen LogP contribution in [0, 0.1) is 0 Å². The van der Waals surface area contributed by atoms with Gasteiger partial charge in [0.15, 0.2) is 6.04 Å². The summed E-state index contributed by atoms with van der Waals surface area (Å²) in [6, 6.07) is 7.53. The standard InChI is InChI=1S/C14H20N2O4/c1-2-20-14(19)12(15)13(18)16-11(9-17)8-10-6-4-3-5-7-10/h3-7,11-12,17H,2,8-9,15H2,1H3,(H,16,18)/t11-,12?/m0/s1. The zero-order valence-corrected chi connectivity index (χ0v) is 11.4. The minimum atomic E-state index is -1.38. The third-order valence-electron chi connectivity index (χ3n) is 2.71. The topological polar surface area (TPSA) is 102 Å². The number of ether oxygens (including phenoxy) is 1. The van der Waals surface area contributed by atoms with Crippen molar-refractivity contribution in [3.63, 3.8) is 0 Å². The van der Waals surface area contributed by atoms with Gasteiger partial charge in [-0.3, -0.25) is 4.79 Å². The van der Waals surface area contributed by atoms with Crippen LogP contribution in [0.1, 0.15) is 12.5 Å². The molecule has 0 saturated carbocycles. The van der Waals surface area contributed by atoms with Crippen LogP contribution in [0.4, 0.5) is 0 Å². The summed E-state index contributed by atoms with van der Waals surface area (Å²) in [7, 11) is 0. The second kappa shape index (κ2) is 8.29. The van der Waals surface area contributed by atoms with Crippen LogP contribution >= 0.6 is 0 Å². The Hall–Kier alpha value is -1.92. The van der Waals surface area contributed by atoms with E-state index >= 15 is 0 Å². The third-order valence-corrected chi connectivity index (χ3v) is 2.71. The molecule has 2 atom stereocenters. The van der Waals surface area contributed by atoms with E-state index < -0.39 is 24.0 Å². The van der Waals surface area contributed by atoms with Gasteiger partial charge >= 0.3 is 5.97 Å². The van der Waals surface area contributed by atoms with Gasteiger partial charge in [-0.1, -0.05) is 30.3 Å². The van der Waals surface area contributed by atoms with Gasteiger partial charge in [0, 0.05) is 0 Å². The maximum absolute atomic E-state index is 11.8. The van der Waals surface area contributed by atoms with Gasteiger partial charge in [-0.15, -0.1) is 0 Å². The minimum Gasteiger partial charge on any atom is -0.464 e. The lowest BCUT2D eigenvalue weighted by molar-refractivity contribution is -0.148. The summed E-state index contributed by atoms with van der Waals surface area (Å²) in [5, 5.41) is 11.8. The van der Waals surface area contributed by atoms with E-state index in [-0.39, 0.29) is 13.2 Å². The smallest absolute Gasteiger partial charge is 0.332 e. The number of benzene rings is 1. The molecule has 0 aliphatic carbocycles. The first-order chi connectivity index (χ1) is 9.58. The van der Waals surface area contributed by atoms with Gasteiger partial charge in [0.25, 0.3) is 0 Å². The molecule has 0 bridgehead atoms. The highest BCUT2D eigenvalue weighted by molar-refractivity contribution is 6.01. The van der Waals surface area contributed by atoms with Crippen LogP contribution < -0.4 is 11.1 Å². The minimum absolute atomic E-state index is 0.160. The first-order valence-electron chi connectivity index (χ1n) is 6.45. The number of aliphatic hydroxyl groups is 1. The van der Waals surface area contributed by atoms with Gasteiger partial charge in [-0.05, 0) is 18.9 Å². The van der Waals surface area contributed by atoms with Gasteiger partial charge in [0.05, 0.1) is 19.3 Å². The van der Waals surface area contributed by atoms with Crippen LogP contribution in [-0.4, -0.2) is 42.3 Å². The summed E-state index contributed by atoms with van der Waals surface area (Å²) in [6.07, 6.45) is 0.457. The molecule has 0 heterocycles. The summed E-state index contributed by atoms with van der Waals surface area (Å²) in [5.74, 6) is -1.43. The number of nitrogens with two attached hydrogens (primary N) is 1. The predicted octanol–water partition coefficient (Wildman–Crippen LogP) is -0.403. The Morgan fingerprint density at radius 2 is 2.00 bits per heavy atom. The fraction of sp³-hybridized carbons (Fsp3) is 0.429. The van der Waals surface area contributed by atoms with Crippen molar-refractivity contribution in [3.8, 4) is 0 Å². The molecule has 20 heavy (non-hydrogen) atoms. The van der Waals surface area contributed by atoms with E-state index in [1.54, 1.807) is 6.92 Å². The van der Waals surface area contributed by atoms with Crippen LogP contribution in [0.3, 0.4) is 0 Å². The lowest BCUT2D eigenvalue weighted by atomic mass is 10.1. The van der Waals surface area contributed by atoms with E-state index in [1.807, 2.05) is 30.3 Å². The first-order valence-corrected chi connectivity index (χ1v) is 6.45. The van der Waals surface area contributed by atoms with Crippen molar-refractivity contribution in [3.05, 3.63) is 35.9 Å². The number of rotatable bonds is 7. The average molecular weight is 280 g/mol. The fourth-order valence-corrected chi connectivity index (χ4v) is 1.69. The Morgan fingerprint density at radius 1 is 1.35 bits per heavy atom. The number of carbonyl (C=O) groups is 2. The Labute approximate surface area is 117 Å². The Balaban J connectivity index is 2.55. The Kier molecular flexibility index (Phi) is 6.69. The van der Waals surface area contributed by atoms with Crippen LogP contribution in [0.2, 0.25) is 0 Å². The summed E-state index contributed by atoms with van der Waals surface area (Å²) >= 11 is 0. The summed E-state index contributed by atoms with van der Waals surface area (Å²) < 4.78 is 4.67. The summed E-state index contributed by atoms with van der Waals surface area (Å²) in [6.45, 7) is 1.55. The van der Waals surface area contributed by atoms with Crippen LogP contribution in [0.25, 0.3) is 0 Å². The molecule has 0 aliphatic rings. The van der Waals surface area contributed by atoms with E-state index in [1.165, 1.54) is 0 Å². The monoisotopic (exact) mass is 280 g/mol. The second-order valence-corrected chi connectivity index (χ2v) is 4.31. The number of carbonyl (C=O) groups excluding carboxylic acids is 2. The average Bonchev–Trinajstić information content (AvgIpc) is 2.46. The highest BCUT2D eigenvalue weighted by atomic mass is 16.5. The Bertz CT molecular complexity index is 436. The van der Waals surface area contributed by atoms with Crippen LogP contribution in [0.15, 0.2) is 30.3 Å². The molecule has 1 aromatic carbocycles. The number of aliphatic hydroxyl groups excluding tert-OH is 1. The van der Waals surface area contributed by atoms with Crippen LogP contribution in [-0.2, 0) is 20.7 Å². The molecule has 1 unspecified atom stereocenters. The SMILES string of the molecule is CCOC(=O)C(N)C(=O)N[C@H](CO)Cc1ccccc1. The lowest BCUT2D eigenvalue weighted by Gasteiger charge is -2.18. The zero-order chi connectivity index (χ0) is 15.0. The molecule has 0 spiro atoms. The number of nitrogens with one attached hydrogen (secondary N) is 1. The van der Waals surface area contributed by atoms with Gasteiger partial charge < -0.3 is 20.9 Å². The molecule has 6 heteroatoms. The molecule has 0 saturated heterocycles. The largest absolute Gasteiger partial charge is 0.464 e. The maximum Gasteiger partial charge on any atom is 0.332 e. The second-order valence-electron chi connectivity index (χ2n) is 4.31. The molecule has 4 N–H and O–H groups in total. The van der Waals surface area contributed by atoms with Gasteiger partial charge in [-0.2, -0.15) is 0 Å². The molecule has 0 aromatic heterocycles. The summed E-state index contributed by atoms with van der Waals surface area (Å²) in [5.41, 5.74) is 6.44. The predicted molar refractivity (Wildman–Crippen MR) is 73.8 cm³/mol. The number of hydrogen-bond acceptors (Lipinski definition) is 5. The molecular weight excluding hydrogens is 260 g/mol. The van der Waals surface area contributed by atoms with E-state index in [0.29, 0.717) is 6.42 Å². The van der Waals surface area contributed by atoms with Crippen molar-refractivity contribution in [1.29, 1.82) is 0 Å². The quantitative estimate of drug-likeness (QED) is 0.466. The van der Waals surface area contributed by atoms with E-state index in [4.69, 9.17) is 5.73 Å². The number of amides is 1. The van der Waals surface area contributed by atoms with Crippen molar-refractivity contribution in [2.24, 2.45) is 5.73 Å². The number of esters is 1. The summed E-state index contributed by atoms with van der Waals surface area (Å²) in [4.78, 5) is 23.1. The molecule has 110 valence electrons. The van der Waals surface area contributed by atoms with Gasteiger partial charge in [0.1, 0.15) is 0 Å². The van der Waals surface area contributed by atoms with Crippen molar-refractivity contribution in [1.82, 2.24) is 5.32 Å². The molecule has 1 aromatic rings. The fourth-order valence-electron chi connectivity index (χ4n) is 1.69. The third kappa shape index (κ3) is 4.99. The van der Waals surface area contributed by atoms with Gasteiger partial charge in [-0.25, -0.2) is 4.79 Å². The van der Waals surface area contributed by atoms with Crippen molar-refractivity contribution in [2.75, 3.05) is 13.2 Å². The maximum atomic E-state index is 11.8. The van der Waals surface area contributed by atoms with Crippen molar-refractivity contribution < 1.29 is 19.4 Å². The van der Waals surface area contributed by atoms with Crippen LogP contribution in [0.5, 0.6) is 0 Å². The normalized spacial score (nSPS) is 13.3. The molecular formula is C14H20N2O4. The molecule has 0 radical (unpaired) electrons. The van der Waals surface area contributed by atoms with E-state index in [9.17, 15) is 14.7 Å². The lowest BCUT2D eigenvalue weighted by Crippen LogP contribution is -2.51. The van der Waals surface area contributed by atoms with Gasteiger partial charge in [0.2, 0.25) is 5.91 Å². The molecule has 1 amide bonds. The molecule has 1 rings (SSSR count). The van der Waals surface area contributed by atoms with E-state index in [0.717, 1.165) is 5.56 Å². The molecule has 0 fully saturated rings. The Morgan fingerprint density at radius 3 is 2.55 bits per heavy atom. The van der Waals surface area contributed by atoms with Crippen molar-refractivity contribution in [2.45, 2.75) is 25.4 Å². The van der Waals surface area contributed by atoms with Crippen molar-refractivity contribution >= 4 is 11.9 Å². The highest BCUT2D eigenvalue weighted by Crippen LogP contribution is 2.03. The first kappa shape index (κ1) is 16.1. The zero-order valence-electron chi connectivity index (χ0n) is 11.4. The number of hydrogen-bond donors (Lipinski definition) is 3. The molecule has 6 nitrogen and oxygen atoms in total. The highest BCUT2D eigenvalue weighted by Gasteiger charge is 2.25. The van der Waals surface area contributed by atoms with E-state index in [2.05, 4.69) is 10.1 Å².